The Morgan fingerprint density at radius 2 is 1.84 bits per heavy atom. The van der Waals surface area contributed by atoms with Crippen molar-refractivity contribution in [3.63, 3.8) is 0 Å². The number of amides is 1. The molecule has 0 atom stereocenters. The maximum absolute atomic E-state index is 13.2. The summed E-state index contributed by atoms with van der Waals surface area (Å²) >= 11 is 0. The number of carbonyl (C=O) groups is 1. The highest BCUT2D eigenvalue weighted by molar-refractivity contribution is 5.94. The highest BCUT2D eigenvalue weighted by Gasteiger charge is 2.47. The van der Waals surface area contributed by atoms with Crippen molar-refractivity contribution >= 4 is 11.9 Å². The molecule has 1 amide bonds. The predicted molar refractivity (Wildman–Crippen MR) is 124 cm³/mol. The van der Waals surface area contributed by atoms with Crippen molar-refractivity contribution in [3.8, 4) is 5.75 Å². The third-order valence-corrected chi connectivity index (χ3v) is 6.45. The molecule has 2 fully saturated rings. The third-order valence-electron chi connectivity index (χ3n) is 6.45. The van der Waals surface area contributed by atoms with E-state index >= 15 is 0 Å². The minimum Gasteiger partial charge on any atom is -0.491 e. The molecule has 1 aromatic heterocycles. The van der Waals surface area contributed by atoms with Gasteiger partial charge in [0.25, 0.3) is 5.91 Å². The Labute approximate surface area is 190 Å². The number of nitrogens with zero attached hydrogens (tertiary/aromatic N) is 4. The first-order valence-electron chi connectivity index (χ1n) is 11.4. The first-order chi connectivity index (χ1) is 15.2. The van der Waals surface area contributed by atoms with Crippen LogP contribution in [0.3, 0.4) is 0 Å². The molecule has 2 aliphatic heterocycles. The first-order valence-corrected chi connectivity index (χ1v) is 11.4. The van der Waals surface area contributed by atoms with E-state index in [0.29, 0.717) is 25.3 Å². The van der Waals surface area contributed by atoms with E-state index in [9.17, 15) is 4.79 Å². The van der Waals surface area contributed by atoms with Crippen molar-refractivity contribution < 1.29 is 14.3 Å². The number of hydrogen-bond acceptors (Lipinski definition) is 6. The Kier molecular flexibility index (Phi) is 6.12. The van der Waals surface area contributed by atoms with Crippen LogP contribution in [0.1, 0.15) is 56.5 Å². The lowest BCUT2D eigenvalue weighted by molar-refractivity contribution is -0.113. The third kappa shape index (κ3) is 4.58. The number of piperidine rings is 1. The van der Waals surface area contributed by atoms with Crippen molar-refractivity contribution in [2.75, 3.05) is 31.1 Å². The molecule has 2 aromatic rings. The normalized spacial score (nSPS) is 19.9. The van der Waals surface area contributed by atoms with Crippen LogP contribution in [0.2, 0.25) is 0 Å². The molecule has 0 aliphatic carbocycles. The van der Waals surface area contributed by atoms with Crippen LogP contribution < -0.4 is 9.64 Å². The molecule has 172 valence electrons. The van der Waals surface area contributed by atoms with Crippen LogP contribution >= 0.6 is 0 Å². The zero-order valence-corrected chi connectivity index (χ0v) is 19.8. The highest BCUT2D eigenvalue weighted by Crippen LogP contribution is 2.37. The first kappa shape index (κ1) is 22.5. The van der Waals surface area contributed by atoms with Crippen molar-refractivity contribution in [3.05, 3.63) is 47.8 Å². The molecule has 0 unspecified atom stereocenters. The van der Waals surface area contributed by atoms with Gasteiger partial charge < -0.3 is 19.3 Å². The lowest BCUT2D eigenvalue weighted by Crippen LogP contribution is -2.64. The standard InChI is InChI=1S/C25H34N4O3/c1-18(2)32-21-8-7-20(15-19(21)3)22(30)28-13-9-25(10-14-28)16-29(24(4,5)17-31-25)23-26-11-6-12-27-23/h6-8,11-12,15,18H,9-10,13-14,16-17H2,1-5H3. The minimum absolute atomic E-state index is 0.0680. The van der Waals surface area contributed by atoms with Crippen LogP contribution in [0.5, 0.6) is 5.75 Å². The van der Waals surface area contributed by atoms with Crippen molar-refractivity contribution in [1.82, 2.24) is 14.9 Å². The zero-order valence-electron chi connectivity index (χ0n) is 19.8. The van der Waals surface area contributed by atoms with E-state index in [-0.39, 0.29) is 23.2 Å². The fourth-order valence-corrected chi connectivity index (χ4v) is 4.50. The van der Waals surface area contributed by atoms with Crippen molar-refractivity contribution in [2.45, 2.75) is 64.7 Å². The molecular weight excluding hydrogens is 404 g/mol. The van der Waals surface area contributed by atoms with E-state index in [1.807, 2.05) is 49.9 Å². The summed E-state index contributed by atoms with van der Waals surface area (Å²) < 4.78 is 12.2. The van der Waals surface area contributed by atoms with Gasteiger partial charge in [0.2, 0.25) is 5.95 Å². The van der Waals surface area contributed by atoms with Crippen LogP contribution in [0, 0.1) is 6.92 Å². The second-order valence-corrected chi connectivity index (χ2v) is 9.86. The molecule has 32 heavy (non-hydrogen) atoms. The SMILES string of the molecule is Cc1cc(C(=O)N2CCC3(CC2)CN(c2ncccn2)C(C)(C)CO3)ccc1OC(C)C. The summed E-state index contributed by atoms with van der Waals surface area (Å²) in [6, 6.07) is 7.53. The zero-order chi connectivity index (χ0) is 22.9. The molecule has 1 aromatic carbocycles. The van der Waals surface area contributed by atoms with E-state index in [0.717, 1.165) is 36.6 Å². The Bertz CT molecular complexity index is 953. The fraction of sp³-hybridized carbons (Fsp3) is 0.560. The van der Waals surface area contributed by atoms with Gasteiger partial charge in [-0.2, -0.15) is 0 Å². The highest BCUT2D eigenvalue weighted by atomic mass is 16.5. The fourth-order valence-electron chi connectivity index (χ4n) is 4.50. The number of likely N-dealkylation sites (tertiary alicyclic amines) is 1. The number of benzene rings is 1. The topological polar surface area (TPSA) is 67.8 Å². The quantitative estimate of drug-likeness (QED) is 0.722. The van der Waals surface area contributed by atoms with Crippen LogP contribution in [0.15, 0.2) is 36.7 Å². The van der Waals surface area contributed by atoms with Gasteiger partial charge in [0, 0.05) is 31.0 Å². The number of aryl methyl sites for hydroxylation is 1. The van der Waals surface area contributed by atoms with Gasteiger partial charge in [-0.3, -0.25) is 4.79 Å². The molecule has 7 nitrogen and oxygen atoms in total. The Balaban J connectivity index is 1.43. The average molecular weight is 439 g/mol. The molecule has 0 bridgehead atoms. The van der Waals surface area contributed by atoms with Gasteiger partial charge in [-0.1, -0.05) is 0 Å². The van der Waals surface area contributed by atoms with Crippen molar-refractivity contribution in [2.24, 2.45) is 0 Å². The molecule has 1 spiro atoms. The van der Waals surface area contributed by atoms with E-state index in [1.54, 1.807) is 12.4 Å². The summed E-state index contributed by atoms with van der Waals surface area (Å²) in [4.78, 5) is 26.3. The predicted octanol–water partition coefficient (Wildman–Crippen LogP) is 3.86. The van der Waals surface area contributed by atoms with Gasteiger partial charge in [-0.05, 0) is 77.3 Å². The number of anilines is 1. The smallest absolute Gasteiger partial charge is 0.253 e. The molecular formula is C25H34N4O3. The monoisotopic (exact) mass is 438 g/mol. The number of morpholine rings is 1. The molecule has 2 saturated heterocycles. The summed E-state index contributed by atoms with van der Waals surface area (Å²) in [5.74, 6) is 1.63. The van der Waals surface area contributed by atoms with Crippen LogP contribution in [-0.2, 0) is 4.74 Å². The van der Waals surface area contributed by atoms with Crippen molar-refractivity contribution in [1.29, 1.82) is 0 Å². The number of rotatable bonds is 4. The Morgan fingerprint density at radius 3 is 2.47 bits per heavy atom. The lowest BCUT2D eigenvalue weighted by atomic mass is 9.86. The lowest BCUT2D eigenvalue weighted by Gasteiger charge is -2.53. The van der Waals surface area contributed by atoms with E-state index < -0.39 is 0 Å². The Hall–Kier alpha value is -2.67. The van der Waals surface area contributed by atoms with E-state index in [2.05, 4.69) is 28.7 Å². The summed E-state index contributed by atoms with van der Waals surface area (Å²) in [5.41, 5.74) is 1.22. The molecule has 2 aliphatic rings. The van der Waals surface area contributed by atoms with Gasteiger partial charge in [0.1, 0.15) is 5.75 Å². The van der Waals surface area contributed by atoms with Gasteiger partial charge in [-0.15, -0.1) is 0 Å². The maximum atomic E-state index is 13.2. The maximum Gasteiger partial charge on any atom is 0.253 e. The van der Waals surface area contributed by atoms with Gasteiger partial charge in [0.05, 0.1) is 30.4 Å². The number of aromatic nitrogens is 2. The van der Waals surface area contributed by atoms with Gasteiger partial charge in [-0.25, -0.2) is 9.97 Å². The molecule has 3 heterocycles. The van der Waals surface area contributed by atoms with E-state index in [1.165, 1.54) is 0 Å². The largest absolute Gasteiger partial charge is 0.491 e. The summed E-state index contributed by atoms with van der Waals surface area (Å²) in [5, 5.41) is 0. The van der Waals surface area contributed by atoms with Crippen LogP contribution in [0.25, 0.3) is 0 Å². The average Bonchev–Trinajstić information content (AvgIpc) is 2.77. The summed E-state index contributed by atoms with van der Waals surface area (Å²) in [6.07, 6.45) is 5.26. The molecule has 4 rings (SSSR count). The summed E-state index contributed by atoms with van der Waals surface area (Å²) in [6.45, 7) is 13.0. The molecule has 0 radical (unpaired) electrons. The Morgan fingerprint density at radius 1 is 1.16 bits per heavy atom. The van der Waals surface area contributed by atoms with Gasteiger partial charge in [0.15, 0.2) is 0 Å². The minimum atomic E-state index is -0.281. The summed E-state index contributed by atoms with van der Waals surface area (Å²) in [7, 11) is 0. The number of ether oxygens (including phenoxy) is 2. The van der Waals surface area contributed by atoms with E-state index in [4.69, 9.17) is 9.47 Å². The second-order valence-electron chi connectivity index (χ2n) is 9.86. The molecule has 0 N–H and O–H groups in total. The second kappa shape index (κ2) is 8.70. The van der Waals surface area contributed by atoms with Crippen LogP contribution in [0.4, 0.5) is 5.95 Å². The van der Waals surface area contributed by atoms with Crippen LogP contribution in [-0.4, -0.2) is 64.3 Å². The number of carbonyl (C=O) groups excluding carboxylic acids is 1. The molecule has 7 heteroatoms. The van der Waals surface area contributed by atoms with Gasteiger partial charge >= 0.3 is 0 Å². The molecule has 0 saturated carbocycles. The number of hydrogen-bond donors (Lipinski definition) is 0.